The Morgan fingerprint density at radius 3 is 2.72 bits per heavy atom. The Hall–Kier alpha value is -0.490. The highest BCUT2D eigenvalue weighted by molar-refractivity contribution is 9.11. The van der Waals surface area contributed by atoms with Gasteiger partial charge in [-0.25, -0.2) is 9.97 Å². The van der Waals surface area contributed by atoms with Crippen LogP contribution >= 0.6 is 54.8 Å². The average molecular weight is 405 g/mol. The van der Waals surface area contributed by atoms with Gasteiger partial charge in [-0.15, -0.1) is 0 Å². The molecule has 0 aliphatic carbocycles. The van der Waals surface area contributed by atoms with Crippen molar-refractivity contribution < 1.29 is 0 Å². The Morgan fingerprint density at radius 2 is 2.00 bits per heavy atom. The summed E-state index contributed by atoms with van der Waals surface area (Å²) >= 11 is 14.8. The topological polar surface area (TPSA) is 25.8 Å². The van der Waals surface area contributed by atoms with Crippen molar-refractivity contribution in [2.75, 3.05) is 0 Å². The fourth-order valence-corrected chi connectivity index (χ4v) is 3.81. The molecule has 0 radical (unpaired) electrons. The van der Waals surface area contributed by atoms with Gasteiger partial charge in [0.25, 0.3) is 0 Å². The number of aromatic nitrogens is 2. The predicted octanol–water partition coefficient (Wildman–Crippen LogP) is 5.54. The molecule has 0 unspecified atom stereocenters. The molecule has 18 heavy (non-hydrogen) atoms. The van der Waals surface area contributed by atoms with Gasteiger partial charge in [0.15, 0.2) is 5.82 Å². The van der Waals surface area contributed by atoms with Crippen LogP contribution in [0, 0.1) is 0 Å². The minimum atomic E-state index is 0.461. The lowest BCUT2D eigenvalue weighted by Crippen LogP contribution is -1.91. The van der Waals surface area contributed by atoms with Crippen molar-refractivity contribution in [1.82, 2.24) is 9.97 Å². The smallest absolute Gasteiger partial charge is 0.162 e. The van der Waals surface area contributed by atoms with Crippen LogP contribution in [0.5, 0.6) is 0 Å². The Balaban J connectivity index is 2.34. The first-order chi connectivity index (χ1) is 8.65. The molecule has 3 rings (SSSR count). The second-order valence-electron chi connectivity index (χ2n) is 3.63. The number of hydrogen-bond donors (Lipinski definition) is 0. The predicted molar refractivity (Wildman–Crippen MR) is 83.3 cm³/mol. The van der Waals surface area contributed by atoms with E-state index in [-0.39, 0.29) is 0 Å². The summed E-state index contributed by atoms with van der Waals surface area (Å²) < 4.78 is 1.84. The van der Waals surface area contributed by atoms with Gasteiger partial charge in [0.05, 0.1) is 5.52 Å². The molecule has 6 heteroatoms. The van der Waals surface area contributed by atoms with Crippen LogP contribution in [0.4, 0.5) is 0 Å². The van der Waals surface area contributed by atoms with E-state index in [1.807, 2.05) is 29.0 Å². The molecule has 0 aliphatic rings. The maximum Gasteiger partial charge on any atom is 0.162 e. The summed E-state index contributed by atoms with van der Waals surface area (Å²) in [6.45, 7) is 0. The summed E-state index contributed by atoms with van der Waals surface area (Å²) in [5, 5.41) is 5.29. The summed E-state index contributed by atoms with van der Waals surface area (Å²) in [4.78, 5) is 8.91. The van der Waals surface area contributed by atoms with Crippen molar-refractivity contribution in [3.05, 3.63) is 43.1 Å². The van der Waals surface area contributed by atoms with Crippen molar-refractivity contribution in [3.63, 3.8) is 0 Å². The standard InChI is InChI=1S/C12H5Br2ClN2S/c13-7-3-8-10(9(14)4-7)16-12(17-11(8)15)6-1-2-18-5-6/h1-5H. The third kappa shape index (κ3) is 2.20. The van der Waals surface area contributed by atoms with E-state index in [1.165, 1.54) is 0 Å². The van der Waals surface area contributed by atoms with E-state index in [0.29, 0.717) is 11.0 Å². The number of hydrogen-bond acceptors (Lipinski definition) is 3. The van der Waals surface area contributed by atoms with Gasteiger partial charge in [0.1, 0.15) is 5.15 Å². The summed E-state index contributed by atoms with van der Waals surface area (Å²) in [5.74, 6) is 0.650. The highest BCUT2D eigenvalue weighted by Crippen LogP contribution is 2.32. The maximum atomic E-state index is 6.23. The van der Waals surface area contributed by atoms with Gasteiger partial charge in [-0.2, -0.15) is 11.3 Å². The van der Waals surface area contributed by atoms with E-state index in [1.54, 1.807) is 11.3 Å². The molecule has 2 nitrogen and oxygen atoms in total. The number of nitrogens with zero attached hydrogens (tertiary/aromatic N) is 2. The van der Waals surface area contributed by atoms with Crippen molar-refractivity contribution in [1.29, 1.82) is 0 Å². The van der Waals surface area contributed by atoms with Crippen molar-refractivity contribution in [3.8, 4) is 11.4 Å². The molecule has 0 spiro atoms. The van der Waals surface area contributed by atoms with Crippen LogP contribution in [-0.4, -0.2) is 9.97 Å². The number of fused-ring (bicyclic) bond motifs is 1. The van der Waals surface area contributed by atoms with Crippen LogP contribution in [-0.2, 0) is 0 Å². The molecular weight excluding hydrogens is 399 g/mol. The Kier molecular flexibility index (Phi) is 3.40. The fraction of sp³-hybridized carbons (Fsp3) is 0. The fourth-order valence-electron chi connectivity index (χ4n) is 1.64. The van der Waals surface area contributed by atoms with Gasteiger partial charge >= 0.3 is 0 Å². The van der Waals surface area contributed by atoms with E-state index in [9.17, 15) is 0 Å². The number of rotatable bonds is 1. The zero-order chi connectivity index (χ0) is 12.7. The van der Waals surface area contributed by atoms with E-state index in [2.05, 4.69) is 41.8 Å². The summed E-state index contributed by atoms with van der Waals surface area (Å²) in [6, 6.07) is 5.85. The molecule has 90 valence electrons. The quantitative estimate of drug-likeness (QED) is 0.498. The van der Waals surface area contributed by atoms with E-state index in [4.69, 9.17) is 11.6 Å². The second-order valence-corrected chi connectivity index (χ2v) is 6.54. The van der Waals surface area contributed by atoms with Crippen molar-refractivity contribution in [2.24, 2.45) is 0 Å². The molecule has 0 fully saturated rings. The lowest BCUT2D eigenvalue weighted by Gasteiger charge is -2.05. The molecule has 2 heterocycles. The first kappa shape index (κ1) is 12.5. The molecule has 0 atom stereocenters. The lowest BCUT2D eigenvalue weighted by atomic mass is 10.2. The molecule has 2 aromatic heterocycles. The van der Waals surface area contributed by atoms with E-state index >= 15 is 0 Å². The molecule has 0 saturated heterocycles. The minimum absolute atomic E-state index is 0.461. The Morgan fingerprint density at radius 1 is 1.17 bits per heavy atom. The molecule has 3 aromatic rings. The molecule has 0 bridgehead atoms. The van der Waals surface area contributed by atoms with Crippen molar-refractivity contribution >= 4 is 65.7 Å². The Bertz CT molecular complexity index is 729. The monoisotopic (exact) mass is 402 g/mol. The van der Waals surface area contributed by atoms with Crippen LogP contribution in [0.3, 0.4) is 0 Å². The molecule has 0 saturated carbocycles. The first-order valence-corrected chi connectivity index (χ1v) is 7.90. The zero-order valence-corrected chi connectivity index (χ0v) is 13.6. The first-order valence-electron chi connectivity index (χ1n) is 5.00. The highest BCUT2D eigenvalue weighted by Gasteiger charge is 2.11. The largest absolute Gasteiger partial charge is 0.227 e. The third-order valence-corrected chi connectivity index (χ3v) is 4.49. The molecular formula is C12H5Br2ClN2S. The third-order valence-electron chi connectivity index (χ3n) is 2.45. The van der Waals surface area contributed by atoms with Gasteiger partial charge in [0, 0.05) is 25.3 Å². The molecule has 1 aromatic carbocycles. The maximum absolute atomic E-state index is 6.23. The van der Waals surface area contributed by atoms with Gasteiger partial charge < -0.3 is 0 Å². The van der Waals surface area contributed by atoms with Gasteiger partial charge in [0.2, 0.25) is 0 Å². The van der Waals surface area contributed by atoms with Crippen LogP contribution in [0.1, 0.15) is 0 Å². The van der Waals surface area contributed by atoms with Crippen molar-refractivity contribution in [2.45, 2.75) is 0 Å². The van der Waals surface area contributed by atoms with Crippen LogP contribution in [0.2, 0.25) is 5.15 Å². The zero-order valence-electron chi connectivity index (χ0n) is 8.82. The van der Waals surface area contributed by atoms with E-state index in [0.717, 1.165) is 25.4 Å². The van der Waals surface area contributed by atoms with Gasteiger partial charge in [-0.1, -0.05) is 27.5 Å². The lowest BCUT2D eigenvalue weighted by molar-refractivity contribution is 1.23. The van der Waals surface area contributed by atoms with Crippen LogP contribution in [0.25, 0.3) is 22.3 Å². The molecule has 0 aliphatic heterocycles. The highest BCUT2D eigenvalue weighted by atomic mass is 79.9. The van der Waals surface area contributed by atoms with Gasteiger partial charge in [-0.05, 0) is 39.5 Å². The minimum Gasteiger partial charge on any atom is -0.227 e. The Labute approximate surface area is 129 Å². The molecule has 0 N–H and O–H groups in total. The number of thiophene rings is 1. The SMILES string of the molecule is Clc1nc(-c2ccsc2)nc2c(Br)cc(Br)cc12. The molecule has 0 amide bonds. The van der Waals surface area contributed by atoms with E-state index < -0.39 is 0 Å². The summed E-state index contributed by atoms with van der Waals surface area (Å²) in [5.41, 5.74) is 1.80. The van der Waals surface area contributed by atoms with Crippen LogP contribution in [0.15, 0.2) is 37.9 Å². The summed E-state index contributed by atoms with van der Waals surface area (Å²) in [6.07, 6.45) is 0. The van der Waals surface area contributed by atoms with Crippen LogP contribution < -0.4 is 0 Å². The second kappa shape index (κ2) is 4.89. The normalized spacial score (nSPS) is 11.1. The van der Waals surface area contributed by atoms with Gasteiger partial charge in [-0.3, -0.25) is 0 Å². The number of benzene rings is 1. The summed E-state index contributed by atoms with van der Waals surface area (Å²) in [7, 11) is 0. The number of halogens is 3. The average Bonchev–Trinajstić information content (AvgIpc) is 2.83.